The zero-order valence-corrected chi connectivity index (χ0v) is 9.70. The Labute approximate surface area is 93.2 Å². The number of hydrogen-bond acceptors (Lipinski definition) is 2. The van der Waals surface area contributed by atoms with Gasteiger partial charge in [-0.15, -0.1) is 0 Å². The number of rotatable bonds is 5. The van der Waals surface area contributed by atoms with Crippen LogP contribution in [0, 0.1) is 11.8 Å². The third-order valence-corrected chi connectivity index (χ3v) is 4.34. The fourth-order valence-corrected chi connectivity index (χ4v) is 2.96. The molecular formula is C13H24N2. The monoisotopic (exact) mass is 208 g/mol. The number of nitrogens with zero attached hydrogens (tertiary/aromatic N) is 1. The molecule has 2 atom stereocenters. The molecule has 0 heterocycles. The molecule has 15 heavy (non-hydrogen) atoms. The number of hydrogen-bond donors (Lipinski definition) is 1. The van der Waals surface area contributed by atoms with Crippen LogP contribution in [0.2, 0.25) is 0 Å². The smallest absolute Gasteiger partial charge is 0.0111 e. The molecule has 0 spiro atoms. The van der Waals surface area contributed by atoms with Gasteiger partial charge in [0.2, 0.25) is 0 Å². The minimum atomic E-state index is 0.496. The Morgan fingerprint density at radius 1 is 0.867 bits per heavy atom. The van der Waals surface area contributed by atoms with Gasteiger partial charge in [-0.25, -0.2) is 0 Å². The Kier molecular flexibility index (Phi) is 2.73. The summed E-state index contributed by atoms with van der Waals surface area (Å²) in [6.45, 7) is 2.77. The van der Waals surface area contributed by atoms with Gasteiger partial charge in [0.05, 0.1) is 0 Å². The lowest BCUT2D eigenvalue weighted by Gasteiger charge is -2.29. The predicted octanol–water partition coefficient (Wildman–Crippen LogP) is 1.99. The SMILES string of the molecule is NC1CCC(N(CC2CC2)CC2CC2)C1. The van der Waals surface area contributed by atoms with Crippen LogP contribution < -0.4 is 5.73 Å². The minimum absolute atomic E-state index is 0.496. The highest BCUT2D eigenvalue weighted by molar-refractivity contribution is 4.90. The van der Waals surface area contributed by atoms with Gasteiger partial charge in [-0.1, -0.05) is 0 Å². The fraction of sp³-hybridized carbons (Fsp3) is 1.00. The Morgan fingerprint density at radius 3 is 1.87 bits per heavy atom. The Bertz CT molecular complexity index is 207. The van der Waals surface area contributed by atoms with Crippen molar-refractivity contribution >= 4 is 0 Å². The molecule has 3 aliphatic carbocycles. The average Bonchev–Trinajstić information content (AvgIpc) is 3.11. The number of nitrogens with two attached hydrogens (primary N) is 1. The van der Waals surface area contributed by atoms with Crippen LogP contribution in [0.3, 0.4) is 0 Å². The fourth-order valence-electron chi connectivity index (χ4n) is 2.96. The van der Waals surface area contributed by atoms with Gasteiger partial charge in [0, 0.05) is 25.2 Å². The second kappa shape index (κ2) is 4.06. The molecule has 3 rings (SSSR count). The van der Waals surface area contributed by atoms with Crippen molar-refractivity contribution in [3.05, 3.63) is 0 Å². The average molecular weight is 208 g/mol. The van der Waals surface area contributed by atoms with Crippen LogP contribution in [0.5, 0.6) is 0 Å². The molecule has 0 bridgehead atoms. The predicted molar refractivity (Wildman–Crippen MR) is 62.6 cm³/mol. The molecule has 0 amide bonds. The van der Waals surface area contributed by atoms with Crippen molar-refractivity contribution in [3.63, 3.8) is 0 Å². The molecule has 3 fully saturated rings. The highest BCUT2D eigenvalue weighted by Gasteiger charge is 2.34. The van der Waals surface area contributed by atoms with E-state index >= 15 is 0 Å². The molecule has 2 unspecified atom stereocenters. The van der Waals surface area contributed by atoms with Gasteiger partial charge in [0.15, 0.2) is 0 Å². The third kappa shape index (κ3) is 2.73. The first-order chi connectivity index (χ1) is 7.31. The van der Waals surface area contributed by atoms with Crippen LogP contribution in [0.4, 0.5) is 0 Å². The van der Waals surface area contributed by atoms with Crippen molar-refractivity contribution in [3.8, 4) is 0 Å². The van der Waals surface area contributed by atoms with E-state index in [1.165, 1.54) is 58.0 Å². The molecule has 0 aromatic rings. The summed E-state index contributed by atoms with van der Waals surface area (Å²) in [5.41, 5.74) is 6.03. The summed E-state index contributed by atoms with van der Waals surface area (Å²) in [6.07, 6.45) is 9.83. The lowest BCUT2D eigenvalue weighted by Crippen LogP contribution is -2.37. The lowest BCUT2D eigenvalue weighted by molar-refractivity contribution is 0.181. The van der Waals surface area contributed by atoms with E-state index in [0.717, 1.165) is 17.9 Å². The van der Waals surface area contributed by atoms with Crippen molar-refractivity contribution in [2.45, 2.75) is 57.0 Å². The van der Waals surface area contributed by atoms with Crippen LogP contribution in [0.1, 0.15) is 44.9 Å². The van der Waals surface area contributed by atoms with E-state index < -0.39 is 0 Å². The van der Waals surface area contributed by atoms with E-state index in [4.69, 9.17) is 5.73 Å². The third-order valence-electron chi connectivity index (χ3n) is 4.34. The molecule has 3 saturated carbocycles. The van der Waals surface area contributed by atoms with Crippen LogP contribution in [-0.4, -0.2) is 30.1 Å². The molecule has 0 saturated heterocycles. The standard InChI is InChI=1S/C13H24N2/c14-12-5-6-13(7-12)15(8-10-1-2-10)9-11-3-4-11/h10-13H,1-9,14H2. The highest BCUT2D eigenvalue weighted by atomic mass is 15.2. The molecule has 2 nitrogen and oxygen atoms in total. The molecule has 3 aliphatic rings. The van der Waals surface area contributed by atoms with Crippen LogP contribution in [-0.2, 0) is 0 Å². The Balaban J connectivity index is 1.54. The molecule has 0 aromatic heterocycles. The maximum absolute atomic E-state index is 6.03. The maximum Gasteiger partial charge on any atom is 0.0111 e. The van der Waals surface area contributed by atoms with Gasteiger partial charge in [-0.3, -0.25) is 4.90 Å². The summed E-state index contributed by atoms with van der Waals surface area (Å²) in [6, 6.07) is 1.33. The van der Waals surface area contributed by atoms with Crippen molar-refractivity contribution in [1.82, 2.24) is 4.90 Å². The summed E-state index contributed by atoms with van der Waals surface area (Å²) in [5.74, 6) is 2.08. The zero-order valence-electron chi connectivity index (χ0n) is 9.70. The Hall–Kier alpha value is -0.0800. The largest absolute Gasteiger partial charge is 0.328 e. The first-order valence-corrected chi connectivity index (χ1v) is 6.81. The quantitative estimate of drug-likeness (QED) is 0.748. The maximum atomic E-state index is 6.03. The first-order valence-electron chi connectivity index (χ1n) is 6.81. The van der Waals surface area contributed by atoms with Crippen molar-refractivity contribution in [2.75, 3.05) is 13.1 Å². The summed E-state index contributed by atoms with van der Waals surface area (Å²) < 4.78 is 0. The molecule has 0 aromatic carbocycles. The summed E-state index contributed by atoms with van der Waals surface area (Å²) in [4.78, 5) is 2.79. The van der Waals surface area contributed by atoms with Crippen LogP contribution in [0.25, 0.3) is 0 Å². The van der Waals surface area contributed by atoms with Gasteiger partial charge in [0.25, 0.3) is 0 Å². The zero-order chi connectivity index (χ0) is 10.3. The minimum Gasteiger partial charge on any atom is -0.328 e. The van der Waals surface area contributed by atoms with E-state index in [1.54, 1.807) is 0 Å². The van der Waals surface area contributed by atoms with Crippen LogP contribution >= 0.6 is 0 Å². The van der Waals surface area contributed by atoms with Crippen molar-refractivity contribution in [1.29, 1.82) is 0 Å². The second-order valence-electron chi connectivity index (χ2n) is 6.07. The van der Waals surface area contributed by atoms with Gasteiger partial charge >= 0.3 is 0 Å². The normalized spacial score (nSPS) is 36.4. The molecule has 86 valence electrons. The van der Waals surface area contributed by atoms with E-state index in [1.807, 2.05) is 0 Å². The van der Waals surface area contributed by atoms with Crippen LogP contribution in [0.15, 0.2) is 0 Å². The summed E-state index contributed by atoms with van der Waals surface area (Å²) >= 11 is 0. The molecule has 0 aliphatic heterocycles. The topological polar surface area (TPSA) is 29.3 Å². The molecule has 2 N–H and O–H groups in total. The second-order valence-corrected chi connectivity index (χ2v) is 6.07. The van der Waals surface area contributed by atoms with E-state index in [2.05, 4.69) is 4.90 Å². The van der Waals surface area contributed by atoms with Gasteiger partial charge in [-0.05, 0) is 56.8 Å². The van der Waals surface area contributed by atoms with Crippen molar-refractivity contribution in [2.24, 2.45) is 17.6 Å². The van der Waals surface area contributed by atoms with E-state index in [0.29, 0.717) is 6.04 Å². The summed E-state index contributed by atoms with van der Waals surface area (Å²) in [5, 5.41) is 0. The Morgan fingerprint density at radius 2 is 1.47 bits per heavy atom. The van der Waals surface area contributed by atoms with Crippen molar-refractivity contribution < 1.29 is 0 Å². The van der Waals surface area contributed by atoms with Gasteiger partial charge in [-0.2, -0.15) is 0 Å². The van der Waals surface area contributed by atoms with Gasteiger partial charge in [0.1, 0.15) is 0 Å². The van der Waals surface area contributed by atoms with E-state index in [-0.39, 0.29) is 0 Å². The summed E-state index contributed by atoms with van der Waals surface area (Å²) in [7, 11) is 0. The van der Waals surface area contributed by atoms with E-state index in [9.17, 15) is 0 Å². The highest BCUT2D eigenvalue weighted by Crippen LogP contribution is 2.36. The first kappa shape index (κ1) is 10.1. The lowest BCUT2D eigenvalue weighted by atomic mass is 10.1. The molecular weight excluding hydrogens is 184 g/mol. The molecule has 0 radical (unpaired) electrons. The van der Waals surface area contributed by atoms with Gasteiger partial charge < -0.3 is 5.73 Å². The molecule has 2 heteroatoms.